The van der Waals surface area contributed by atoms with E-state index < -0.39 is 0 Å². The van der Waals surface area contributed by atoms with Gasteiger partial charge in [0.25, 0.3) is 0 Å². The van der Waals surface area contributed by atoms with Crippen molar-refractivity contribution in [2.24, 2.45) is 5.73 Å². The SMILES string of the molecule is CC(N)Cc1cc(F)ccc1Cl. The van der Waals surface area contributed by atoms with Crippen molar-refractivity contribution in [3.05, 3.63) is 34.6 Å². The van der Waals surface area contributed by atoms with E-state index in [4.69, 9.17) is 17.3 Å². The summed E-state index contributed by atoms with van der Waals surface area (Å²) in [4.78, 5) is 0. The van der Waals surface area contributed by atoms with E-state index in [1.807, 2.05) is 6.92 Å². The van der Waals surface area contributed by atoms with Gasteiger partial charge in [0.05, 0.1) is 0 Å². The Morgan fingerprint density at radius 3 is 2.83 bits per heavy atom. The van der Waals surface area contributed by atoms with Crippen molar-refractivity contribution in [2.45, 2.75) is 19.4 Å². The summed E-state index contributed by atoms with van der Waals surface area (Å²) in [6.07, 6.45) is 0.608. The van der Waals surface area contributed by atoms with Crippen LogP contribution in [0.1, 0.15) is 12.5 Å². The lowest BCUT2D eigenvalue weighted by Gasteiger charge is -2.06. The molecule has 3 heteroatoms. The van der Waals surface area contributed by atoms with Crippen molar-refractivity contribution in [1.82, 2.24) is 0 Å². The second-order valence-electron chi connectivity index (χ2n) is 2.92. The van der Waals surface area contributed by atoms with E-state index in [1.165, 1.54) is 12.1 Å². The maximum absolute atomic E-state index is 12.7. The smallest absolute Gasteiger partial charge is 0.123 e. The van der Waals surface area contributed by atoms with E-state index in [2.05, 4.69) is 0 Å². The summed E-state index contributed by atoms with van der Waals surface area (Å²) >= 11 is 5.82. The van der Waals surface area contributed by atoms with Crippen LogP contribution in [0.5, 0.6) is 0 Å². The highest BCUT2D eigenvalue weighted by atomic mass is 35.5. The first-order valence-electron chi connectivity index (χ1n) is 3.79. The Morgan fingerprint density at radius 1 is 1.58 bits per heavy atom. The van der Waals surface area contributed by atoms with Gasteiger partial charge < -0.3 is 5.73 Å². The highest BCUT2D eigenvalue weighted by Gasteiger charge is 2.03. The fourth-order valence-electron chi connectivity index (χ4n) is 1.05. The van der Waals surface area contributed by atoms with Crippen molar-refractivity contribution in [3.63, 3.8) is 0 Å². The van der Waals surface area contributed by atoms with Gasteiger partial charge in [-0.3, -0.25) is 0 Å². The Kier molecular flexibility index (Phi) is 3.06. The molecule has 0 aliphatic rings. The summed E-state index contributed by atoms with van der Waals surface area (Å²) in [5.74, 6) is -0.268. The molecule has 0 spiro atoms. The highest BCUT2D eigenvalue weighted by Crippen LogP contribution is 2.17. The summed E-state index contributed by atoms with van der Waals surface area (Å²) in [5, 5.41) is 0.578. The van der Waals surface area contributed by atoms with Gasteiger partial charge in [0.15, 0.2) is 0 Å². The van der Waals surface area contributed by atoms with Crippen LogP contribution in [0.25, 0.3) is 0 Å². The molecule has 0 heterocycles. The number of hydrogen-bond donors (Lipinski definition) is 1. The quantitative estimate of drug-likeness (QED) is 0.756. The summed E-state index contributed by atoms with van der Waals surface area (Å²) in [7, 11) is 0. The lowest BCUT2D eigenvalue weighted by Crippen LogP contribution is -2.18. The highest BCUT2D eigenvalue weighted by molar-refractivity contribution is 6.31. The molecular weight excluding hydrogens is 177 g/mol. The molecule has 2 N–H and O–H groups in total. The van der Waals surface area contributed by atoms with Crippen LogP contribution in [0, 0.1) is 5.82 Å². The molecule has 1 aromatic carbocycles. The van der Waals surface area contributed by atoms with Gasteiger partial charge in [0, 0.05) is 11.1 Å². The lowest BCUT2D eigenvalue weighted by molar-refractivity contribution is 0.623. The molecule has 1 atom stereocenters. The molecule has 0 amide bonds. The summed E-state index contributed by atoms with van der Waals surface area (Å²) in [6.45, 7) is 1.86. The van der Waals surface area contributed by atoms with Gasteiger partial charge in [0.2, 0.25) is 0 Å². The summed E-state index contributed by atoms with van der Waals surface area (Å²) in [6, 6.07) is 4.32. The predicted molar refractivity (Wildman–Crippen MR) is 48.8 cm³/mol. The molecule has 0 bridgehead atoms. The number of nitrogens with two attached hydrogens (primary N) is 1. The largest absolute Gasteiger partial charge is 0.328 e. The minimum atomic E-state index is -0.268. The maximum atomic E-state index is 12.7. The normalized spacial score (nSPS) is 13.0. The van der Waals surface area contributed by atoms with Crippen LogP contribution in [0.2, 0.25) is 5.02 Å². The molecule has 0 fully saturated rings. The van der Waals surface area contributed by atoms with Crippen LogP contribution in [-0.2, 0) is 6.42 Å². The zero-order chi connectivity index (χ0) is 9.14. The third-order valence-corrected chi connectivity index (χ3v) is 1.92. The van der Waals surface area contributed by atoms with Gasteiger partial charge in [0.1, 0.15) is 5.82 Å². The number of hydrogen-bond acceptors (Lipinski definition) is 1. The van der Waals surface area contributed by atoms with Gasteiger partial charge in [-0.1, -0.05) is 11.6 Å². The topological polar surface area (TPSA) is 26.0 Å². The molecule has 1 unspecified atom stereocenters. The molecule has 1 rings (SSSR count). The standard InChI is InChI=1S/C9H11ClFN/c1-6(12)4-7-5-8(11)2-3-9(7)10/h2-3,5-6H,4,12H2,1H3. The van der Waals surface area contributed by atoms with E-state index in [0.717, 1.165) is 5.56 Å². The number of halogens is 2. The van der Waals surface area contributed by atoms with Crippen LogP contribution >= 0.6 is 11.6 Å². The van der Waals surface area contributed by atoms with Crippen molar-refractivity contribution in [2.75, 3.05) is 0 Å². The van der Waals surface area contributed by atoms with E-state index in [-0.39, 0.29) is 11.9 Å². The average molecular weight is 188 g/mol. The van der Waals surface area contributed by atoms with E-state index in [1.54, 1.807) is 6.07 Å². The fourth-order valence-corrected chi connectivity index (χ4v) is 1.24. The monoisotopic (exact) mass is 187 g/mol. The Bertz CT molecular complexity index is 273. The fraction of sp³-hybridized carbons (Fsp3) is 0.333. The Hall–Kier alpha value is -0.600. The zero-order valence-electron chi connectivity index (χ0n) is 6.85. The molecule has 0 saturated heterocycles. The third-order valence-electron chi connectivity index (χ3n) is 1.55. The molecule has 0 aliphatic heterocycles. The second-order valence-corrected chi connectivity index (χ2v) is 3.32. The van der Waals surface area contributed by atoms with Crippen LogP contribution in [0.4, 0.5) is 4.39 Å². The van der Waals surface area contributed by atoms with Gasteiger partial charge >= 0.3 is 0 Å². The Balaban J connectivity index is 2.90. The molecule has 66 valence electrons. The van der Waals surface area contributed by atoms with Gasteiger partial charge in [-0.2, -0.15) is 0 Å². The van der Waals surface area contributed by atoms with Crippen LogP contribution in [0.3, 0.4) is 0 Å². The minimum absolute atomic E-state index is 0.00398. The van der Waals surface area contributed by atoms with Gasteiger partial charge in [-0.05, 0) is 37.1 Å². The molecular formula is C9H11ClFN. The number of benzene rings is 1. The van der Waals surface area contributed by atoms with Crippen molar-refractivity contribution >= 4 is 11.6 Å². The molecule has 0 aliphatic carbocycles. The summed E-state index contributed by atoms with van der Waals surface area (Å²) < 4.78 is 12.7. The lowest BCUT2D eigenvalue weighted by atomic mass is 10.1. The Morgan fingerprint density at radius 2 is 2.25 bits per heavy atom. The molecule has 12 heavy (non-hydrogen) atoms. The van der Waals surface area contributed by atoms with Crippen LogP contribution < -0.4 is 5.73 Å². The first kappa shape index (κ1) is 9.49. The maximum Gasteiger partial charge on any atom is 0.123 e. The first-order chi connectivity index (χ1) is 5.59. The molecule has 1 nitrogen and oxygen atoms in total. The zero-order valence-corrected chi connectivity index (χ0v) is 7.61. The Labute approximate surface area is 76.3 Å². The first-order valence-corrected chi connectivity index (χ1v) is 4.17. The number of rotatable bonds is 2. The second kappa shape index (κ2) is 3.87. The van der Waals surface area contributed by atoms with Crippen molar-refractivity contribution in [1.29, 1.82) is 0 Å². The third kappa shape index (κ3) is 2.47. The van der Waals surface area contributed by atoms with Crippen LogP contribution in [-0.4, -0.2) is 6.04 Å². The van der Waals surface area contributed by atoms with Gasteiger partial charge in [-0.25, -0.2) is 4.39 Å². The van der Waals surface area contributed by atoms with E-state index in [9.17, 15) is 4.39 Å². The van der Waals surface area contributed by atoms with E-state index in [0.29, 0.717) is 11.4 Å². The van der Waals surface area contributed by atoms with Crippen molar-refractivity contribution < 1.29 is 4.39 Å². The van der Waals surface area contributed by atoms with E-state index >= 15 is 0 Å². The molecule has 0 radical (unpaired) electrons. The predicted octanol–water partition coefficient (Wildman–Crippen LogP) is 2.37. The van der Waals surface area contributed by atoms with Gasteiger partial charge in [-0.15, -0.1) is 0 Å². The average Bonchev–Trinajstić information content (AvgIpc) is 1.96. The minimum Gasteiger partial charge on any atom is -0.328 e. The molecule has 0 saturated carbocycles. The van der Waals surface area contributed by atoms with Crippen molar-refractivity contribution in [3.8, 4) is 0 Å². The molecule has 1 aromatic rings. The molecule has 0 aromatic heterocycles. The van der Waals surface area contributed by atoms with Crippen LogP contribution in [0.15, 0.2) is 18.2 Å². The summed E-state index contributed by atoms with van der Waals surface area (Å²) in [5.41, 5.74) is 6.33.